The number of hydrogen-bond donors (Lipinski definition) is 1. The van der Waals surface area contributed by atoms with Gasteiger partial charge in [-0.2, -0.15) is 0 Å². The van der Waals surface area contributed by atoms with E-state index < -0.39 is 20.2 Å². The summed E-state index contributed by atoms with van der Waals surface area (Å²) in [6.07, 6.45) is 0. The van der Waals surface area contributed by atoms with E-state index in [4.69, 9.17) is 9.60 Å². The van der Waals surface area contributed by atoms with E-state index in [0.717, 1.165) is 0 Å². The predicted molar refractivity (Wildman–Crippen MR) is 96.7 cm³/mol. The Kier molecular flexibility index (Phi) is 2.00. The average Bonchev–Trinajstić information content (AvgIpc) is 2.64. The highest BCUT2D eigenvalue weighted by atomic mass is 28.3. The molecule has 0 fully saturated rings. The van der Waals surface area contributed by atoms with Crippen LogP contribution in [0.25, 0.3) is 10.8 Å². The van der Waals surface area contributed by atoms with Gasteiger partial charge in [0.1, 0.15) is 0 Å². The van der Waals surface area contributed by atoms with E-state index in [1.54, 1.807) is 0 Å². The Morgan fingerprint density at radius 1 is 0.857 bits per heavy atom. The molecule has 2 heteroatoms. The van der Waals surface area contributed by atoms with Crippen LogP contribution < -0.4 is 10.5 Å². The molecular weight excluding hydrogens is 270 g/mol. The Morgan fingerprint density at radius 2 is 1.52 bits per heavy atom. The van der Waals surface area contributed by atoms with Crippen LogP contribution >= 0.6 is 0 Å². The summed E-state index contributed by atoms with van der Waals surface area (Å²) in [6, 6.07) is 5.17. The first-order chi connectivity index (χ1) is 12.9. The summed E-state index contributed by atoms with van der Waals surface area (Å²) >= 11 is 0. The lowest BCUT2D eigenvalue weighted by molar-refractivity contribution is 1.58. The smallest absolute Gasteiger partial charge is 0.0775 e. The molecule has 0 saturated heterocycles. The maximum absolute atomic E-state index is 8.28. The van der Waals surface area contributed by atoms with Crippen LogP contribution in [0.4, 0.5) is 11.4 Å². The van der Waals surface area contributed by atoms with Gasteiger partial charge in [-0.15, -0.1) is 0 Å². The first-order valence-corrected chi connectivity index (χ1v) is 10.3. The molecule has 0 aliphatic heterocycles. The zero-order valence-corrected chi connectivity index (χ0v) is 13.3. The number of fused-ring (bicyclic) bond motifs is 1. The second-order valence-corrected chi connectivity index (χ2v) is 11.0. The minimum absolute atomic E-state index is 0.0479. The standard InChI is InChI=1S/C19H21NSi/c1-21(2,3)17-13-11-16(12-14-17)20-19-10-6-8-15-7-4-5-9-18(15)19/h4-14,20H,1-3H3/i4D,5D,6D,7D,8D,9D,10D. The Balaban J connectivity index is 2.26. The van der Waals surface area contributed by atoms with Crippen molar-refractivity contribution in [3.05, 3.63) is 66.6 Å². The number of rotatable bonds is 3. The third-order valence-electron chi connectivity index (χ3n) is 3.33. The van der Waals surface area contributed by atoms with Gasteiger partial charge >= 0.3 is 0 Å². The Labute approximate surface area is 137 Å². The summed E-state index contributed by atoms with van der Waals surface area (Å²) in [4.78, 5) is 0. The topological polar surface area (TPSA) is 12.0 Å². The second-order valence-electron chi connectivity index (χ2n) is 5.95. The number of benzene rings is 3. The van der Waals surface area contributed by atoms with E-state index in [1.807, 2.05) is 24.3 Å². The van der Waals surface area contributed by atoms with Crippen LogP contribution in [0.5, 0.6) is 0 Å². The molecule has 3 aromatic rings. The minimum Gasteiger partial charge on any atom is -0.355 e. The monoisotopic (exact) mass is 298 g/mol. The van der Waals surface area contributed by atoms with E-state index in [1.165, 1.54) is 5.19 Å². The van der Waals surface area contributed by atoms with E-state index in [9.17, 15) is 0 Å². The van der Waals surface area contributed by atoms with Gasteiger partial charge in [0.2, 0.25) is 0 Å². The van der Waals surface area contributed by atoms with E-state index in [0.29, 0.717) is 5.69 Å². The Morgan fingerprint density at radius 3 is 2.24 bits per heavy atom. The summed E-state index contributed by atoms with van der Waals surface area (Å²) < 4.78 is 56.7. The van der Waals surface area contributed by atoms with Crippen LogP contribution in [0.2, 0.25) is 19.6 Å². The van der Waals surface area contributed by atoms with Crippen LogP contribution in [0, 0.1) is 0 Å². The summed E-state index contributed by atoms with van der Waals surface area (Å²) in [7, 11) is -1.47. The highest BCUT2D eigenvalue weighted by Gasteiger charge is 2.15. The molecule has 0 aliphatic carbocycles. The summed E-state index contributed by atoms with van der Waals surface area (Å²) in [5, 5.41) is 4.33. The van der Waals surface area contributed by atoms with E-state index in [-0.39, 0.29) is 46.7 Å². The number of nitrogens with one attached hydrogen (secondary N) is 1. The molecule has 21 heavy (non-hydrogen) atoms. The van der Waals surface area contributed by atoms with Crippen molar-refractivity contribution in [2.75, 3.05) is 5.32 Å². The third kappa shape index (κ3) is 3.00. The lowest BCUT2D eigenvalue weighted by Crippen LogP contribution is -2.37. The SMILES string of the molecule is [2H]c1c([2H])c([2H])c2c(Nc3ccc([Si](C)(C)C)cc3)c([2H])c([2H])c([2H])c2c1[2H]. The van der Waals surface area contributed by atoms with Gasteiger partial charge in [0, 0.05) is 16.8 Å². The van der Waals surface area contributed by atoms with Gasteiger partial charge in [-0.05, 0) is 23.6 Å². The fraction of sp³-hybridized carbons (Fsp3) is 0.158. The van der Waals surface area contributed by atoms with Gasteiger partial charge in [-0.1, -0.05) is 73.2 Å². The lowest BCUT2D eigenvalue weighted by Gasteiger charge is -2.17. The molecule has 0 atom stereocenters. The molecule has 1 N–H and O–H groups in total. The van der Waals surface area contributed by atoms with Crippen LogP contribution in [-0.4, -0.2) is 8.07 Å². The molecule has 0 unspecified atom stereocenters. The molecule has 106 valence electrons. The van der Waals surface area contributed by atoms with Crippen LogP contribution in [-0.2, 0) is 0 Å². The molecule has 1 nitrogen and oxygen atoms in total. The molecule has 0 amide bonds. The first kappa shape index (κ1) is 7.81. The van der Waals surface area contributed by atoms with Crippen LogP contribution in [0.15, 0.2) is 66.6 Å². The summed E-state index contributed by atoms with van der Waals surface area (Å²) in [6.45, 7) is 6.71. The molecule has 0 bridgehead atoms. The molecule has 0 heterocycles. The largest absolute Gasteiger partial charge is 0.355 e. The zero-order chi connectivity index (χ0) is 21.0. The van der Waals surface area contributed by atoms with Gasteiger partial charge in [-0.3, -0.25) is 0 Å². The van der Waals surface area contributed by atoms with Gasteiger partial charge < -0.3 is 5.32 Å². The Bertz CT molecular complexity index is 1080. The van der Waals surface area contributed by atoms with Crippen molar-refractivity contribution in [1.29, 1.82) is 0 Å². The quantitative estimate of drug-likeness (QED) is 0.661. The summed E-state index contributed by atoms with van der Waals surface area (Å²) in [5.74, 6) is 0. The molecule has 0 radical (unpaired) electrons. The maximum atomic E-state index is 8.28. The molecular formula is C19H21NSi. The fourth-order valence-electron chi connectivity index (χ4n) is 2.10. The number of hydrogen-bond acceptors (Lipinski definition) is 1. The first-order valence-electron chi connectivity index (χ1n) is 10.3. The van der Waals surface area contributed by atoms with E-state index >= 15 is 0 Å². The van der Waals surface area contributed by atoms with Crippen molar-refractivity contribution in [2.45, 2.75) is 19.6 Å². The Hall–Kier alpha value is -2.06. The molecule has 0 aromatic heterocycles. The van der Waals surface area contributed by atoms with Crippen molar-refractivity contribution in [1.82, 2.24) is 0 Å². The minimum atomic E-state index is -1.47. The van der Waals surface area contributed by atoms with Crippen molar-refractivity contribution in [2.24, 2.45) is 0 Å². The average molecular weight is 299 g/mol. The number of anilines is 2. The maximum Gasteiger partial charge on any atom is 0.0775 e. The molecule has 3 aromatic carbocycles. The molecule has 0 aliphatic rings. The molecule has 0 spiro atoms. The highest BCUT2D eigenvalue weighted by Crippen LogP contribution is 2.26. The normalized spacial score (nSPS) is 16.2. The summed E-state index contributed by atoms with van der Waals surface area (Å²) in [5.41, 5.74) is 0.769. The predicted octanol–water partition coefficient (Wildman–Crippen LogP) is 5.13. The highest BCUT2D eigenvalue weighted by molar-refractivity contribution is 6.88. The molecule has 3 rings (SSSR count). The van der Waals surface area contributed by atoms with Gasteiger partial charge in [0.15, 0.2) is 0 Å². The molecule has 0 saturated carbocycles. The zero-order valence-electron chi connectivity index (χ0n) is 19.3. The van der Waals surface area contributed by atoms with Gasteiger partial charge in [0.25, 0.3) is 0 Å². The van der Waals surface area contributed by atoms with E-state index in [2.05, 4.69) is 25.0 Å². The van der Waals surface area contributed by atoms with Crippen LogP contribution in [0.3, 0.4) is 0 Å². The third-order valence-corrected chi connectivity index (χ3v) is 5.40. The fourth-order valence-corrected chi connectivity index (χ4v) is 3.27. The van der Waals surface area contributed by atoms with Crippen molar-refractivity contribution < 1.29 is 9.60 Å². The van der Waals surface area contributed by atoms with Gasteiger partial charge in [-0.25, -0.2) is 0 Å². The van der Waals surface area contributed by atoms with Crippen LogP contribution in [0.1, 0.15) is 9.60 Å². The van der Waals surface area contributed by atoms with Crippen molar-refractivity contribution in [3.8, 4) is 0 Å². The van der Waals surface area contributed by atoms with Gasteiger partial charge in [0.05, 0.1) is 17.7 Å². The lowest BCUT2D eigenvalue weighted by atomic mass is 10.1. The van der Waals surface area contributed by atoms with Crippen molar-refractivity contribution in [3.63, 3.8) is 0 Å². The second kappa shape index (κ2) is 5.38. The van der Waals surface area contributed by atoms with Crippen molar-refractivity contribution >= 4 is 35.4 Å².